The van der Waals surface area contributed by atoms with E-state index >= 15 is 0 Å². The maximum absolute atomic E-state index is 7.92. The third kappa shape index (κ3) is 7.62. The molecule has 1 aromatic carbocycles. The van der Waals surface area contributed by atoms with Gasteiger partial charge in [-0.25, -0.2) is 0 Å². The zero-order chi connectivity index (χ0) is 14.3. The molecule has 0 spiro atoms. The van der Waals surface area contributed by atoms with Crippen LogP contribution in [0.25, 0.3) is 5.53 Å². The monoisotopic (exact) mass is 305 g/mol. The minimum absolute atomic E-state index is 0.297. The summed E-state index contributed by atoms with van der Waals surface area (Å²) in [4.78, 5) is 4.78. The highest BCUT2D eigenvalue weighted by Gasteiger charge is 2.11. The third-order valence-electron chi connectivity index (χ3n) is 1.79. The fourth-order valence-corrected chi connectivity index (χ4v) is 1.25. The van der Waals surface area contributed by atoms with Crippen molar-refractivity contribution in [2.45, 2.75) is 18.6 Å². The predicted molar refractivity (Wildman–Crippen MR) is 83.5 cm³/mol. The Morgan fingerprint density at radius 1 is 1.28 bits per heavy atom. The zero-order valence-electron chi connectivity index (χ0n) is 10.9. The van der Waals surface area contributed by atoms with Gasteiger partial charge in [-0.1, -0.05) is 23.2 Å². The van der Waals surface area contributed by atoms with E-state index in [2.05, 4.69) is 17.4 Å². The third-order valence-corrected chi connectivity index (χ3v) is 2.65. The van der Waals surface area contributed by atoms with Crippen molar-refractivity contribution < 1.29 is 4.79 Å². The van der Waals surface area contributed by atoms with E-state index in [-0.39, 0.29) is 4.75 Å². The molecule has 1 aromatic rings. The molecule has 0 bridgehead atoms. The van der Waals surface area contributed by atoms with Gasteiger partial charge in [0.15, 0.2) is 0 Å². The lowest BCUT2D eigenvalue weighted by Gasteiger charge is -2.12. The molecule has 0 N–H and O–H groups in total. The van der Waals surface area contributed by atoms with Crippen LogP contribution in [0, 0.1) is 0 Å². The Morgan fingerprint density at radius 3 is 2.11 bits per heavy atom. The van der Waals surface area contributed by atoms with Crippen LogP contribution in [0.4, 0.5) is 5.69 Å². The number of nitrogens with zero attached hydrogens (tertiary/aromatic N) is 3. The van der Waals surface area contributed by atoms with Crippen molar-refractivity contribution in [2.75, 3.05) is 19.0 Å². The average molecular weight is 306 g/mol. The molecule has 0 amide bonds. The first-order chi connectivity index (χ1) is 8.17. The molecule has 18 heavy (non-hydrogen) atoms. The van der Waals surface area contributed by atoms with Gasteiger partial charge in [0, 0.05) is 19.8 Å². The van der Waals surface area contributed by atoms with Gasteiger partial charge < -0.3 is 10.4 Å². The first-order valence-corrected chi connectivity index (χ1v) is 6.41. The molecule has 0 atom stereocenters. The highest BCUT2D eigenvalue weighted by molar-refractivity contribution is 7.82. The number of hydrogen-bond acceptors (Lipinski definition) is 2. The van der Waals surface area contributed by atoms with E-state index < -0.39 is 0 Å². The number of hydrogen-bond donors (Lipinski definition) is 1. The summed E-state index contributed by atoms with van der Waals surface area (Å²) < 4.78 is -0.297. The lowest BCUT2D eigenvalue weighted by atomic mass is 10.2. The lowest BCUT2D eigenvalue weighted by Crippen LogP contribution is -2.11. The normalized spacial score (nSPS) is 9.94. The van der Waals surface area contributed by atoms with Crippen LogP contribution >= 0.6 is 35.8 Å². The van der Waals surface area contributed by atoms with Crippen LogP contribution in [0.1, 0.15) is 13.8 Å². The Labute approximate surface area is 124 Å². The largest absolute Gasteiger partial charge is 0.378 e. The van der Waals surface area contributed by atoms with Gasteiger partial charge in [0.25, 0.3) is 6.21 Å². The molecule has 6 heteroatoms. The van der Waals surface area contributed by atoms with Gasteiger partial charge in [-0.05, 0) is 32.0 Å². The molecule has 3 nitrogen and oxygen atoms in total. The van der Waals surface area contributed by atoms with Gasteiger partial charge in [0.05, 0.1) is 10.0 Å². The molecule has 0 radical (unpaired) electrons. The molecule has 0 saturated heterocycles. The van der Waals surface area contributed by atoms with Gasteiger partial charge in [-0.2, -0.15) is 17.4 Å². The molecule has 100 valence electrons. The van der Waals surface area contributed by atoms with Crippen molar-refractivity contribution in [3.8, 4) is 0 Å². The van der Waals surface area contributed by atoms with E-state index in [4.69, 9.17) is 28.7 Å². The number of halogens is 2. The molecule has 0 aliphatic rings. The second-order valence-corrected chi connectivity index (χ2v) is 6.36. The molecular formula is C12H17Cl2N3S. The fraction of sp³-hybridized carbons (Fsp3) is 0.417. The number of thiol groups is 1. The van der Waals surface area contributed by atoms with Gasteiger partial charge in [-0.15, -0.1) is 0 Å². The van der Waals surface area contributed by atoms with E-state index in [1.165, 1.54) is 6.21 Å². The maximum atomic E-state index is 7.92. The second-order valence-electron chi connectivity index (χ2n) is 4.39. The predicted octanol–water partition coefficient (Wildman–Crippen LogP) is 4.05. The SMILES string of the molecule is CC(C)(S)C=[N+]=[N-].CN(C)c1ccc(Cl)c(Cl)c1. The smallest absolute Gasteiger partial charge is 0.272 e. The lowest BCUT2D eigenvalue weighted by molar-refractivity contribution is -0.000620. The van der Waals surface area contributed by atoms with Crippen molar-refractivity contribution in [1.29, 1.82) is 0 Å². The quantitative estimate of drug-likeness (QED) is 0.381. The molecule has 0 saturated carbocycles. The molecule has 0 aliphatic carbocycles. The van der Waals surface area contributed by atoms with Gasteiger partial charge in [-0.3, -0.25) is 0 Å². The van der Waals surface area contributed by atoms with E-state index in [1.54, 1.807) is 6.07 Å². The Hall–Kier alpha value is -0.670. The minimum Gasteiger partial charge on any atom is -0.378 e. The van der Waals surface area contributed by atoms with Crippen LogP contribution in [0.5, 0.6) is 0 Å². The summed E-state index contributed by atoms with van der Waals surface area (Å²) in [6.07, 6.45) is 1.36. The second kappa shape index (κ2) is 7.70. The van der Waals surface area contributed by atoms with Gasteiger partial charge in [0.1, 0.15) is 4.75 Å². The van der Waals surface area contributed by atoms with Crippen LogP contribution < -0.4 is 4.90 Å². The summed E-state index contributed by atoms with van der Waals surface area (Å²) in [6, 6.07) is 5.55. The van der Waals surface area contributed by atoms with Crippen LogP contribution in [-0.2, 0) is 0 Å². The Morgan fingerprint density at radius 2 is 1.83 bits per heavy atom. The number of benzene rings is 1. The summed E-state index contributed by atoms with van der Waals surface area (Å²) in [5.74, 6) is 0. The van der Waals surface area contributed by atoms with Gasteiger partial charge >= 0.3 is 0 Å². The average Bonchev–Trinajstić information content (AvgIpc) is 2.21. The summed E-state index contributed by atoms with van der Waals surface area (Å²) >= 11 is 15.6. The first-order valence-electron chi connectivity index (χ1n) is 5.20. The summed E-state index contributed by atoms with van der Waals surface area (Å²) in [6.45, 7) is 3.66. The molecule has 0 heterocycles. The fourth-order valence-electron chi connectivity index (χ4n) is 0.905. The maximum Gasteiger partial charge on any atom is 0.272 e. The molecule has 0 unspecified atom stereocenters. The molecule has 0 fully saturated rings. The van der Waals surface area contributed by atoms with Crippen molar-refractivity contribution in [3.63, 3.8) is 0 Å². The van der Waals surface area contributed by atoms with Crippen LogP contribution in [0.15, 0.2) is 18.2 Å². The topological polar surface area (TPSA) is 39.6 Å². The van der Waals surface area contributed by atoms with Crippen molar-refractivity contribution >= 4 is 47.7 Å². The van der Waals surface area contributed by atoms with E-state index in [1.807, 2.05) is 45.0 Å². The first kappa shape index (κ1) is 17.3. The van der Waals surface area contributed by atoms with Crippen LogP contribution in [0.3, 0.4) is 0 Å². The van der Waals surface area contributed by atoms with Gasteiger partial charge in [0.2, 0.25) is 0 Å². The Bertz CT molecular complexity index is 435. The highest BCUT2D eigenvalue weighted by atomic mass is 35.5. The van der Waals surface area contributed by atoms with E-state index in [0.717, 1.165) is 5.69 Å². The van der Waals surface area contributed by atoms with Crippen molar-refractivity contribution in [3.05, 3.63) is 33.8 Å². The van der Waals surface area contributed by atoms with Crippen molar-refractivity contribution in [2.24, 2.45) is 0 Å². The number of anilines is 1. The Balaban J connectivity index is 0.000000360. The highest BCUT2D eigenvalue weighted by Crippen LogP contribution is 2.25. The molecule has 1 rings (SSSR count). The zero-order valence-corrected chi connectivity index (χ0v) is 13.3. The summed E-state index contributed by atoms with van der Waals surface area (Å²) in [7, 11) is 3.92. The molecule has 0 aliphatic heterocycles. The molecule has 0 aromatic heterocycles. The van der Waals surface area contributed by atoms with Crippen LogP contribution in [0.2, 0.25) is 10.0 Å². The summed E-state index contributed by atoms with van der Waals surface area (Å²) in [5.41, 5.74) is 8.98. The number of rotatable bonds is 2. The van der Waals surface area contributed by atoms with Crippen LogP contribution in [-0.4, -0.2) is 29.8 Å². The standard InChI is InChI=1S/C8H9Cl2N.C4H8N2S/c1-11(2)6-3-4-7(9)8(10)5-6;1-4(2,7)3-6-5/h3-5H,1-2H3;3,7H,1-2H3. The summed E-state index contributed by atoms with van der Waals surface area (Å²) in [5, 5.41) is 1.19. The van der Waals surface area contributed by atoms with Crippen molar-refractivity contribution in [1.82, 2.24) is 0 Å². The Kier molecular flexibility index (Phi) is 7.41. The minimum atomic E-state index is -0.297. The molecular weight excluding hydrogens is 289 g/mol. The van der Waals surface area contributed by atoms with E-state index in [0.29, 0.717) is 10.0 Å². The van der Waals surface area contributed by atoms with E-state index in [9.17, 15) is 0 Å².